The summed E-state index contributed by atoms with van der Waals surface area (Å²) in [4.78, 5) is 30.0. The second kappa shape index (κ2) is 5.36. The molecule has 3 rings (SSSR count). The van der Waals surface area contributed by atoms with E-state index in [0.29, 0.717) is 25.2 Å². The molecular weight excluding hydrogens is 286 g/mol. The van der Waals surface area contributed by atoms with Gasteiger partial charge < -0.3 is 10.5 Å². The van der Waals surface area contributed by atoms with Gasteiger partial charge in [0.2, 0.25) is 5.91 Å². The number of amides is 2. The highest BCUT2D eigenvalue weighted by Crippen LogP contribution is 2.37. The number of rotatable bonds is 2. The summed E-state index contributed by atoms with van der Waals surface area (Å²) in [5.41, 5.74) is 9.13. The third-order valence-electron chi connectivity index (χ3n) is 4.32. The van der Waals surface area contributed by atoms with Crippen molar-refractivity contribution in [2.45, 2.75) is 24.8 Å². The number of nitrogens with zero attached hydrogens (tertiary/aromatic N) is 3. The second-order valence-corrected chi connectivity index (χ2v) is 5.47. The van der Waals surface area contributed by atoms with Crippen molar-refractivity contribution < 1.29 is 14.3 Å². The smallest absolute Gasteiger partial charge is 0.410 e. The molecule has 3 aliphatic rings. The van der Waals surface area contributed by atoms with Crippen LogP contribution in [0.4, 0.5) is 4.79 Å². The van der Waals surface area contributed by atoms with Gasteiger partial charge in [0.25, 0.3) is 0 Å². The predicted octanol–water partition coefficient (Wildman–Crippen LogP) is 0.0927. The van der Waals surface area contributed by atoms with Gasteiger partial charge in [-0.15, -0.1) is 0 Å². The topological polar surface area (TPSA) is 100 Å². The van der Waals surface area contributed by atoms with Crippen LogP contribution in [0.15, 0.2) is 28.7 Å². The number of methoxy groups -OCH3 is 1. The lowest BCUT2D eigenvalue weighted by Gasteiger charge is -2.44. The molecule has 1 unspecified atom stereocenters. The van der Waals surface area contributed by atoms with Crippen LogP contribution in [0, 0.1) is 0 Å². The fourth-order valence-corrected chi connectivity index (χ4v) is 3.20. The molecule has 0 saturated carbocycles. The molecule has 0 aromatic carbocycles. The van der Waals surface area contributed by atoms with E-state index in [0.717, 1.165) is 18.5 Å². The number of hydrazine groups is 1. The SMILES string of the molecule is COC(=O)N1CCCCC1(C(N)=O)C1=CC2=CN=CCN2N1. The predicted molar refractivity (Wildman–Crippen MR) is 79.4 cm³/mol. The van der Waals surface area contributed by atoms with Gasteiger partial charge in [-0.1, -0.05) is 0 Å². The highest BCUT2D eigenvalue weighted by Gasteiger charge is 2.52. The molecule has 1 atom stereocenters. The van der Waals surface area contributed by atoms with E-state index < -0.39 is 17.5 Å². The van der Waals surface area contributed by atoms with Gasteiger partial charge in [-0.3, -0.25) is 25.1 Å². The van der Waals surface area contributed by atoms with Crippen LogP contribution in [0.1, 0.15) is 19.3 Å². The Balaban J connectivity index is 2.03. The Hall–Kier alpha value is -2.51. The third kappa shape index (κ3) is 2.02. The standard InChI is InChI=1S/C14H19N5O3/c1-22-13(21)18-6-3-2-4-14(18,12(15)20)11-8-10-9-16-5-7-19(10)17-11/h5,8-9,17H,2-4,6-7H2,1H3,(H2,15,20). The third-order valence-corrected chi connectivity index (χ3v) is 4.32. The number of ether oxygens (including phenoxy) is 1. The molecule has 8 nitrogen and oxygen atoms in total. The van der Waals surface area contributed by atoms with E-state index >= 15 is 0 Å². The maximum atomic E-state index is 12.3. The van der Waals surface area contributed by atoms with Gasteiger partial charge >= 0.3 is 6.09 Å². The Labute approximate surface area is 128 Å². The molecular formula is C14H19N5O3. The lowest BCUT2D eigenvalue weighted by Crippen LogP contribution is -2.64. The summed E-state index contributed by atoms with van der Waals surface area (Å²) in [6.45, 7) is 1.02. The number of nitrogens with two attached hydrogens (primary N) is 1. The molecule has 3 aliphatic heterocycles. The molecule has 0 radical (unpaired) electrons. The van der Waals surface area contributed by atoms with E-state index in [9.17, 15) is 9.59 Å². The van der Waals surface area contributed by atoms with E-state index in [2.05, 4.69) is 10.4 Å². The number of aliphatic imine (C=N–C) groups is 1. The molecule has 0 aliphatic carbocycles. The van der Waals surface area contributed by atoms with Gasteiger partial charge in [-0.2, -0.15) is 0 Å². The molecule has 2 amide bonds. The Bertz CT molecular complexity index is 597. The number of primary amides is 1. The van der Waals surface area contributed by atoms with Crippen LogP contribution in [0.3, 0.4) is 0 Å². The molecule has 0 aromatic rings. The number of hydrogen-bond acceptors (Lipinski definition) is 6. The van der Waals surface area contributed by atoms with Gasteiger partial charge in [0.15, 0.2) is 5.54 Å². The molecule has 8 heteroatoms. The number of allylic oxidation sites excluding steroid dienone is 1. The summed E-state index contributed by atoms with van der Waals surface area (Å²) >= 11 is 0. The van der Waals surface area contributed by atoms with Crippen molar-refractivity contribution in [1.82, 2.24) is 15.3 Å². The molecule has 3 N–H and O–H groups in total. The Morgan fingerprint density at radius 2 is 2.27 bits per heavy atom. The minimum Gasteiger partial charge on any atom is -0.453 e. The first-order chi connectivity index (χ1) is 10.6. The maximum Gasteiger partial charge on any atom is 0.410 e. The molecule has 118 valence electrons. The fraction of sp³-hybridized carbons (Fsp3) is 0.500. The van der Waals surface area contributed by atoms with Crippen LogP contribution in [0.5, 0.6) is 0 Å². The van der Waals surface area contributed by atoms with Gasteiger partial charge in [-0.05, 0) is 25.3 Å². The average Bonchev–Trinajstić information content (AvgIpc) is 2.98. The molecule has 22 heavy (non-hydrogen) atoms. The summed E-state index contributed by atoms with van der Waals surface area (Å²) in [6.07, 6.45) is 6.82. The van der Waals surface area contributed by atoms with Crippen molar-refractivity contribution in [3.63, 3.8) is 0 Å². The molecule has 1 saturated heterocycles. The van der Waals surface area contributed by atoms with E-state index in [4.69, 9.17) is 10.5 Å². The van der Waals surface area contributed by atoms with E-state index in [-0.39, 0.29) is 0 Å². The average molecular weight is 305 g/mol. The fourth-order valence-electron chi connectivity index (χ4n) is 3.20. The minimum absolute atomic E-state index is 0.435. The van der Waals surface area contributed by atoms with Crippen LogP contribution in [0.2, 0.25) is 0 Å². The van der Waals surface area contributed by atoms with Gasteiger partial charge in [-0.25, -0.2) is 4.79 Å². The van der Waals surface area contributed by atoms with Crippen molar-refractivity contribution >= 4 is 18.2 Å². The number of carbonyl (C=O) groups excluding carboxylic acids is 2. The number of hydrogen-bond donors (Lipinski definition) is 2. The number of nitrogens with one attached hydrogen (secondary N) is 1. The van der Waals surface area contributed by atoms with Crippen LogP contribution in [-0.4, -0.2) is 53.9 Å². The highest BCUT2D eigenvalue weighted by atomic mass is 16.5. The first kappa shape index (κ1) is 14.4. The van der Waals surface area contributed by atoms with Crippen molar-refractivity contribution in [3.8, 4) is 0 Å². The second-order valence-electron chi connectivity index (χ2n) is 5.47. The first-order valence-electron chi connectivity index (χ1n) is 7.23. The van der Waals surface area contributed by atoms with Crippen LogP contribution in [-0.2, 0) is 9.53 Å². The van der Waals surface area contributed by atoms with Crippen LogP contribution in [0.25, 0.3) is 0 Å². The Kier molecular flexibility index (Phi) is 3.51. The van der Waals surface area contributed by atoms with Gasteiger partial charge in [0.05, 0.1) is 31.2 Å². The monoisotopic (exact) mass is 305 g/mol. The van der Waals surface area contributed by atoms with Crippen molar-refractivity contribution in [2.75, 3.05) is 20.2 Å². The summed E-state index contributed by atoms with van der Waals surface area (Å²) in [6, 6.07) is 0. The number of likely N-dealkylation sites (tertiary alicyclic amines) is 1. The largest absolute Gasteiger partial charge is 0.453 e. The summed E-state index contributed by atoms with van der Waals surface area (Å²) < 4.78 is 4.84. The van der Waals surface area contributed by atoms with Crippen molar-refractivity contribution in [3.05, 3.63) is 23.7 Å². The first-order valence-corrected chi connectivity index (χ1v) is 7.23. The zero-order valence-electron chi connectivity index (χ0n) is 12.4. The Morgan fingerprint density at radius 1 is 1.45 bits per heavy atom. The van der Waals surface area contributed by atoms with E-state index in [1.807, 2.05) is 11.1 Å². The molecule has 0 aromatic heterocycles. The quantitative estimate of drug-likeness (QED) is 0.753. The number of carbonyl (C=O) groups is 2. The number of fused-ring (bicyclic) bond motifs is 1. The van der Waals surface area contributed by atoms with Gasteiger partial charge in [0, 0.05) is 12.8 Å². The maximum absolute atomic E-state index is 12.3. The normalized spacial score (nSPS) is 26.8. The van der Waals surface area contributed by atoms with Crippen molar-refractivity contribution in [2.24, 2.45) is 10.7 Å². The lowest BCUT2D eigenvalue weighted by atomic mass is 9.83. The lowest BCUT2D eigenvalue weighted by molar-refractivity contribution is -0.129. The zero-order chi connectivity index (χ0) is 15.7. The Morgan fingerprint density at radius 3 is 2.95 bits per heavy atom. The van der Waals surface area contributed by atoms with E-state index in [1.54, 1.807) is 12.4 Å². The van der Waals surface area contributed by atoms with Crippen LogP contribution < -0.4 is 11.2 Å². The molecule has 1 fully saturated rings. The molecule has 3 heterocycles. The van der Waals surface area contributed by atoms with Crippen molar-refractivity contribution in [1.29, 1.82) is 0 Å². The van der Waals surface area contributed by atoms with Gasteiger partial charge in [0.1, 0.15) is 0 Å². The molecule has 0 spiro atoms. The zero-order valence-corrected chi connectivity index (χ0v) is 12.4. The number of piperidine rings is 1. The van der Waals surface area contributed by atoms with E-state index in [1.165, 1.54) is 12.0 Å². The van der Waals surface area contributed by atoms with Crippen LogP contribution >= 0.6 is 0 Å². The summed E-state index contributed by atoms with van der Waals surface area (Å²) in [5.74, 6) is -0.558. The summed E-state index contributed by atoms with van der Waals surface area (Å²) in [7, 11) is 1.30. The highest BCUT2D eigenvalue weighted by molar-refractivity contribution is 5.92. The molecule has 0 bridgehead atoms. The minimum atomic E-state index is -1.20. The summed E-state index contributed by atoms with van der Waals surface area (Å²) in [5, 5.41) is 1.86.